The Morgan fingerprint density at radius 2 is 1.95 bits per heavy atom. The monoisotopic (exact) mass is 277 g/mol. The first-order chi connectivity index (χ1) is 9.02. The number of halogens is 3. The molecule has 1 aliphatic carbocycles. The van der Waals surface area contributed by atoms with E-state index in [9.17, 15) is 13.2 Å². The molecule has 0 bridgehead atoms. The molecule has 0 saturated heterocycles. The third kappa shape index (κ3) is 3.65. The lowest BCUT2D eigenvalue weighted by Gasteiger charge is -2.36. The summed E-state index contributed by atoms with van der Waals surface area (Å²) in [5.41, 5.74) is 1.21. The van der Waals surface area contributed by atoms with Crippen LogP contribution in [0.1, 0.15) is 38.5 Å². The van der Waals surface area contributed by atoms with E-state index in [-0.39, 0.29) is 18.9 Å². The maximum absolute atomic E-state index is 12.7. The van der Waals surface area contributed by atoms with Crippen molar-refractivity contribution < 1.29 is 17.9 Å². The molecule has 0 aromatic rings. The molecule has 2 nitrogen and oxygen atoms in total. The lowest BCUT2D eigenvalue weighted by atomic mass is 9.76. The van der Waals surface area contributed by atoms with E-state index in [1.165, 1.54) is 5.57 Å². The molecule has 110 valence electrons. The lowest BCUT2D eigenvalue weighted by molar-refractivity contribution is -0.184. The van der Waals surface area contributed by atoms with Crippen LogP contribution in [-0.4, -0.2) is 25.9 Å². The van der Waals surface area contributed by atoms with Crippen molar-refractivity contribution in [2.75, 3.05) is 13.7 Å². The fourth-order valence-electron chi connectivity index (χ4n) is 3.32. The molecule has 1 atom stereocenters. The van der Waals surface area contributed by atoms with Crippen LogP contribution in [0.3, 0.4) is 0 Å². The molecule has 0 aromatic carbocycles. The van der Waals surface area contributed by atoms with Gasteiger partial charge in [0.2, 0.25) is 0 Å². The van der Waals surface area contributed by atoms with Crippen molar-refractivity contribution in [2.24, 2.45) is 11.8 Å². The second-order valence-corrected chi connectivity index (χ2v) is 5.59. The highest BCUT2D eigenvalue weighted by Gasteiger charge is 2.42. The van der Waals surface area contributed by atoms with E-state index in [0.29, 0.717) is 18.8 Å². The van der Waals surface area contributed by atoms with Crippen LogP contribution in [0.25, 0.3) is 0 Å². The van der Waals surface area contributed by atoms with Crippen LogP contribution < -0.4 is 5.32 Å². The maximum atomic E-state index is 12.7. The van der Waals surface area contributed by atoms with Gasteiger partial charge in [0.1, 0.15) is 0 Å². The summed E-state index contributed by atoms with van der Waals surface area (Å²) in [7, 11) is 1.88. The van der Waals surface area contributed by atoms with Crippen molar-refractivity contribution in [2.45, 2.75) is 50.7 Å². The topological polar surface area (TPSA) is 21.3 Å². The Labute approximate surface area is 112 Å². The van der Waals surface area contributed by atoms with Gasteiger partial charge < -0.3 is 10.1 Å². The molecule has 1 aliphatic heterocycles. The molecule has 1 saturated carbocycles. The molecular weight excluding hydrogens is 255 g/mol. The first kappa shape index (κ1) is 14.7. The Kier molecular flexibility index (Phi) is 4.76. The number of hydrogen-bond donors (Lipinski definition) is 1. The average molecular weight is 277 g/mol. The summed E-state index contributed by atoms with van der Waals surface area (Å²) in [6.45, 7) is 0.751. The summed E-state index contributed by atoms with van der Waals surface area (Å²) in [6.07, 6.45) is 1.60. The van der Waals surface area contributed by atoms with Gasteiger partial charge in [-0.15, -0.1) is 0 Å². The van der Waals surface area contributed by atoms with Crippen molar-refractivity contribution in [1.82, 2.24) is 5.32 Å². The van der Waals surface area contributed by atoms with Gasteiger partial charge in [-0.05, 0) is 57.1 Å². The summed E-state index contributed by atoms with van der Waals surface area (Å²) in [6, 6.07) is 0.175. The van der Waals surface area contributed by atoms with Gasteiger partial charge >= 0.3 is 6.18 Å². The fourth-order valence-corrected chi connectivity index (χ4v) is 3.32. The zero-order valence-electron chi connectivity index (χ0n) is 11.3. The summed E-state index contributed by atoms with van der Waals surface area (Å²) in [5.74, 6) is -0.797. The van der Waals surface area contributed by atoms with Crippen LogP contribution in [0.2, 0.25) is 0 Å². The SMILES string of the molecule is CNC(C1=COCCC1)C1CCC(C(F)(F)F)CC1. The highest BCUT2D eigenvalue weighted by Crippen LogP contribution is 2.41. The van der Waals surface area contributed by atoms with Crippen LogP contribution in [0.15, 0.2) is 11.8 Å². The number of ether oxygens (including phenoxy) is 1. The summed E-state index contributed by atoms with van der Waals surface area (Å²) in [4.78, 5) is 0. The van der Waals surface area contributed by atoms with Gasteiger partial charge in [0.15, 0.2) is 0 Å². The highest BCUT2D eigenvalue weighted by molar-refractivity contribution is 5.12. The van der Waals surface area contributed by atoms with E-state index < -0.39 is 12.1 Å². The molecule has 0 amide bonds. The second kappa shape index (κ2) is 6.16. The van der Waals surface area contributed by atoms with Gasteiger partial charge in [-0.1, -0.05) is 0 Å². The van der Waals surface area contributed by atoms with Crippen LogP contribution in [0, 0.1) is 11.8 Å². The van der Waals surface area contributed by atoms with Crippen molar-refractivity contribution in [3.05, 3.63) is 11.8 Å². The smallest absolute Gasteiger partial charge is 0.391 e. The molecule has 0 radical (unpaired) electrons. The predicted molar refractivity (Wildman–Crippen MR) is 67.6 cm³/mol. The minimum Gasteiger partial charge on any atom is -0.501 e. The van der Waals surface area contributed by atoms with E-state index in [2.05, 4.69) is 5.32 Å². The molecular formula is C14H22F3NO. The van der Waals surface area contributed by atoms with E-state index in [1.807, 2.05) is 7.05 Å². The van der Waals surface area contributed by atoms with Gasteiger partial charge in [-0.3, -0.25) is 0 Å². The first-order valence-electron chi connectivity index (χ1n) is 7.07. The van der Waals surface area contributed by atoms with Gasteiger partial charge in [0.05, 0.1) is 18.8 Å². The molecule has 1 N–H and O–H groups in total. The predicted octanol–water partition coefficient (Wildman–Crippen LogP) is 3.64. The van der Waals surface area contributed by atoms with Crippen LogP contribution in [0.5, 0.6) is 0 Å². The van der Waals surface area contributed by atoms with Crippen LogP contribution >= 0.6 is 0 Å². The zero-order chi connectivity index (χ0) is 13.9. The quantitative estimate of drug-likeness (QED) is 0.850. The van der Waals surface area contributed by atoms with Crippen molar-refractivity contribution in [3.8, 4) is 0 Å². The minimum absolute atomic E-state index is 0.175. The number of nitrogens with one attached hydrogen (secondary N) is 1. The van der Waals surface area contributed by atoms with E-state index in [0.717, 1.165) is 19.4 Å². The molecule has 1 unspecified atom stereocenters. The molecule has 1 heterocycles. The highest BCUT2D eigenvalue weighted by atomic mass is 19.4. The van der Waals surface area contributed by atoms with Crippen LogP contribution in [-0.2, 0) is 4.74 Å². The molecule has 2 aliphatic rings. The normalized spacial score (nSPS) is 30.4. The Balaban J connectivity index is 1.93. The van der Waals surface area contributed by atoms with Crippen molar-refractivity contribution in [3.63, 3.8) is 0 Å². The van der Waals surface area contributed by atoms with E-state index >= 15 is 0 Å². The second-order valence-electron chi connectivity index (χ2n) is 5.59. The minimum atomic E-state index is -4.02. The molecule has 5 heteroatoms. The lowest BCUT2D eigenvalue weighted by Crippen LogP contribution is -2.40. The number of hydrogen-bond acceptors (Lipinski definition) is 2. The zero-order valence-corrected chi connectivity index (χ0v) is 11.3. The Bertz CT molecular complexity index is 319. The van der Waals surface area contributed by atoms with Crippen molar-refractivity contribution >= 4 is 0 Å². The number of rotatable bonds is 3. The van der Waals surface area contributed by atoms with Gasteiger partial charge in [-0.2, -0.15) is 13.2 Å². The van der Waals surface area contributed by atoms with E-state index in [4.69, 9.17) is 4.74 Å². The summed E-state index contributed by atoms with van der Waals surface area (Å²) >= 11 is 0. The average Bonchev–Trinajstić information content (AvgIpc) is 2.40. The third-order valence-electron chi connectivity index (χ3n) is 4.38. The van der Waals surface area contributed by atoms with Gasteiger partial charge in [0.25, 0.3) is 0 Å². The molecule has 1 fully saturated rings. The standard InChI is InChI=1S/C14H22F3NO/c1-18-13(11-3-2-8-19-9-11)10-4-6-12(7-5-10)14(15,16)17/h9-10,12-13,18H,2-8H2,1H3. The summed E-state index contributed by atoms with van der Waals surface area (Å²) in [5, 5.41) is 3.27. The number of alkyl halides is 3. The molecule has 2 rings (SSSR count). The third-order valence-corrected chi connectivity index (χ3v) is 4.38. The largest absolute Gasteiger partial charge is 0.501 e. The fraction of sp³-hybridized carbons (Fsp3) is 0.857. The van der Waals surface area contributed by atoms with Gasteiger partial charge in [-0.25, -0.2) is 0 Å². The molecule has 0 spiro atoms. The van der Waals surface area contributed by atoms with E-state index in [1.54, 1.807) is 6.26 Å². The Morgan fingerprint density at radius 1 is 1.26 bits per heavy atom. The summed E-state index contributed by atoms with van der Waals surface area (Å²) < 4.78 is 43.3. The van der Waals surface area contributed by atoms with Crippen molar-refractivity contribution in [1.29, 1.82) is 0 Å². The maximum Gasteiger partial charge on any atom is 0.391 e. The molecule has 19 heavy (non-hydrogen) atoms. The van der Waals surface area contributed by atoms with Crippen LogP contribution in [0.4, 0.5) is 13.2 Å². The first-order valence-corrected chi connectivity index (χ1v) is 7.07. The molecule has 0 aromatic heterocycles. The Morgan fingerprint density at radius 3 is 2.42 bits per heavy atom. The Hall–Kier alpha value is -0.710. The van der Waals surface area contributed by atoms with Gasteiger partial charge in [0, 0.05) is 6.04 Å². The number of likely N-dealkylation sites (N-methyl/N-ethyl adjacent to an activating group) is 1.